The van der Waals surface area contributed by atoms with Crippen LogP contribution in [0.25, 0.3) is 0 Å². The van der Waals surface area contributed by atoms with Gasteiger partial charge in [-0.2, -0.15) is 0 Å². The zero-order chi connectivity index (χ0) is 18.7. The van der Waals surface area contributed by atoms with E-state index in [-0.39, 0.29) is 18.9 Å². The predicted octanol–water partition coefficient (Wildman–Crippen LogP) is 2.15. The van der Waals surface area contributed by atoms with E-state index >= 15 is 0 Å². The van der Waals surface area contributed by atoms with E-state index < -0.39 is 35.6 Å². The van der Waals surface area contributed by atoms with Crippen LogP contribution >= 0.6 is 0 Å². The summed E-state index contributed by atoms with van der Waals surface area (Å²) in [5, 5.41) is 0. The number of carbonyl (C=O) groups is 3. The van der Waals surface area contributed by atoms with Crippen molar-refractivity contribution in [3.63, 3.8) is 0 Å². The SMILES string of the molecule is C=C(C)[C@@H]1CN(C(=O)OC(C)(C)C)[C@@H](C(=O)OC)[C@@H]1CC(=O)OC. The molecule has 0 N–H and O–H groups in total. The highest BCUT2D eigenvalue weighted by atomic mass is 16.6. The zero-order valence-electron chi connectivity index (χ0n) is 15.3. The standard InChI is InChI=1S/C17H27NO6/c1-10(2)12-9-18(16(21)24-17(3,4)5)14(15(20)23-7)11(12)8-13(19)22-6/h11-12,14H,1,8-9H2,2-7H3/t11-,12+,14-/m1/s1. The number of amides is 1. The third-order valence-electron chi connectivity index (χ3n) is 3.99. The molecular formula is C17H27NO6. The quantitative estimate of drug-likeness (QED) is 0.443. The molecule has 0 aliphatic carbocycles. The van der Waals surface area contributed by atoms with Crippen LogP contribution in [-0.2, 0) is 23.8 Å². The predicted molar refractivity (Wildman–Crippen MR) is 87.2 cm³/mol. The Morgan fingerprint density at radius 2 is 1.75 bits per heavy atom. The van der Waals surface area contributed by atoms with E-state index in [0.29, 0.717) is 0 Å². The number of esters is 2. The van der Waals surface area contributed by atoms with E-state index in [9.17, 15) is 14.4 Å². The molecular weight excluding hydrogens is 314 g/mol. The third-order valence-corrected chi connectivity index (χ3v) is 3.99. The molecule has 0 saturated carbocycles. The minimum Gasteiger partial charge on any atom is -0.469 e. The first-order valence-corrected chi connectivity index (χ1v) is 7.81. The van der Waals surface area contributed by atoms with Gasteiger partial charge < -0.3 is 14.2 Å². The molecule has 0 unspecified atom stereocenters. The molecule has 7 nitrogen and oxygen atoms in total. The van der Waals surface area contributed by atoms with Gasteiger partial charge in [-0.25, -0.2) is 9.59 Å². The van der Waals surface area contributed by atoms with E-state index in [1.165, 1.54) is 19.1 Å². The van der Waals surface area contributed by atoms with E-state index in [1.54, 1.807) is 20.8 Å². The summed E-state index contributed by atoms with van der Waals surface area (Å²) < 4.78 is 15.0. The third kappa shape index (κ3) is 4.72. The Bertz CT molecular complexity index is 522. The lowest BCUT2D eigenvalue weighted by Crippen LogP contribution is -2.46. The van der Waals surface area contributed by atoms with Crippen molar-refractivity contribution in [1.29, 1.82) is 0 Å². The van der Waals surface area contributed by atoms with E-state index in [4.69, 9.17) is 14.2 Å². The number of nitrogens with zero attached hydrogens (tertiary/aromatic N) is 1. The fourth-order valence-electron chi connectivity index (χ4n) is 2.89. The van der Waals surface area contributed by atoms with Gasteiger partial charge in [0.05, 0.1) is 20.6 Å². The average molecular weight is 341 g/mol. The number of ether oxygens (including phenoxy) is 3. The summed E-state index contributed by atoms with van der Waals surface area (Å²) in [4.78, 5) is 37.9. The van der Waals surface area contributed by atoms with Crippen LogP contribution in [0, 0.1) is 11.8 Å². The van der Waals surface area contributed by atoms with Gasteiger partial charge in [0.2, 0.25) is 0 Å². The molecule has 0 aromatic rings. The van der Waals surface area contributed by atoms with Gasteiger partial charge in [0.25, 0.3) is 0 Å². The van der Waals surface area contributed by atoms with Crippen molar-refractivity contribution in [2.45, 2.75) is 45.8 Å². The number of methoxy groups -OCH3 is 2. The molecule has 1 fully saturated rings. The lowest BCUT2D eigenvalue weighted by Gasteiger charge is -2.28. The summed E-state index contributed by atoms with van der Waals surface area (Å²) in [6.45, 7) is 11.2. The molecule has 24 heavy (non-hydrogen) atoms. The van der Waals surface area contributed by atoms with Gasteiger partial charge in [-0.15, -0.1) is 0 Å². The first-order valence-electron chi connectivity index (χ1n) is 7.81. The van der Waals surface area contributed by atoms with Crippen LogP contribution in [0.2, 0.25) is 0 Å². The molecule has 136 valence electrons. The Balaban J connectivity index is 3.18. The fraction of sp³-hybridized carbons (Fsp3) is 0.706. The van der Waals surface area contributed by atoms with Crippen LogP contribution in [0.5, 0.6) is 0 Å². The highest BCUT2D eigenvalue weighted by Gasteiger charge is 2.50. The summed E-state index contributed by atoms with van der Waals surface area (Å²) in [6.07, 6.45) is -0.621. The Kier molecular flexibility index (Phi) is 6.40. The molecule has 1 aliphatic heterocycles. The van der Waals surface area contributed by atoms with Crippen LogP contribution in [0.4, 0.5) is 4.79 Å². The van der Waals surface area contributed by atoms with Crippen molar-refractivity contribution in [1.82, 2.24) is 4.90 Å². The summed E-state index contributed by atoms with van der Waals surface area (Å²) in [7, 11) is 2.53. The van der Waals surface area contributed by atoms with Crippen molar-refractivity contribution in [2.24, 2.45) is 11.8 Å². The minimum atomic E-state index is -0.911. The van der Waals surface area contributed by atoms with Gasteiger partial charge >= 0.3 is 18.0 Å². The molecule has 1 saturated heterocycles. The Morgan fingerprint density at radius 1 is 1.17 bits per heavy atom. The monoisotopic (exact) mass is 341 g/mol. The number of hydrogen-bond acceptors (Lipinski definition) is 6. The largest absolute Gasteiger partial charge is 0.469 e. The molecule has 7 heteroatoms. The van der Waals surface area contributed by atoms with Crippen LogP contribution in [0.15, 0.2) is 12.2 Å². The maximum atomic E-state index is 12.5. The van der Waals surface area contributed by atoms with Gasteiger partial charge in [-0.05, 0) is 27.7 Å². The molecule has 3 atom stereocenters. The number of carbonyl (C=O) groups excluding carboxylic acids is 3. The van der Waals surface area contributed by atoms with Crippen molar-refractivity contribution in [2.75, 3.05) is 20.8 Å². The van der Waals surface area contributed by atoms with Crippen LogP contribution in [0.3, 0.4) is 0 Å². The Morgan fingerprint density at radius 3 is 2.17 bits per heavy atom. The van der Waals surface area contributed by atoms with Crippen LogP contribution in [-0.4, -0.2) is 55.3 Å². The van der Waals surface area contributed by atoms with Crippen molar-refractivity contribution < 1.29 is 28.6 Å². The lowest BCUT2D eigenvalue weighted by molar-refractivity contribution is -0.148. The van der Waals surface area contributed by atoms with Gasteiger partial charge in [-0.3, -0.25) is 9.69 Å². The Hall–Kier alpha value is -2.05. The zero-order valence-corrected chi connectivity index (χ0v) is 15.3. The maximum Gasteiger partial charge on any atom is 0.411 e. The first kappa shape index (κ1) is 20.0. The second-order valence-corrected chi connectivity index (χ2v) is 7.00. The molecule has 0 radical (unpaired) electrons. The molecule has 1 rings (SSSR count). The number of likely N-dealkylation sites (tertiary alicyclic amines) is 1. The van der Waals surface area contributed by atoms with E-state index in [0.717, 1.165) is 5.57 Å². The average Bonchev–Trinajstić information content (AvgIpc) is 2.84. The van der Waals surface area contributed by atoms with Crippen molar-refractivity contribution >= 4 is 18.0 Å². The smallest absolute Gasteiger partial charge is 0.411 e. The van der Waals surface area contributed by atoms with Gasteiger partial charge in [0.1, 0.15) is 11.6 Å². The highest BCUT2D eigenvalue weighted by Crippen LogP contribution is 2.38. The maximum absolute atomic E-state index is 12.5. The second-order valence-electron chi connectivity index (χ2n) is 7.00. The molecule has 1 aliphatic rings. The highest BCUT2D eigenvalue weighted by molar-refractivity contribution is 5.84. The lowest BCUT2D eigenvalue weighted by atomic mass is 9.84. The topological polar surface area (TPSA) is 82.1 Å². The summed E-state index contributed by atoms with van der Waals surface area (Å²) >= 11 is 0. The normalized spacial score (nSPS) is 23.6. The summed E-state index contributed by atoms with van der Waals surface area (Å²) in [5.74, 6) is -1.72. The molecule has 0 aromatic carbocycles. The molecule has 1 amide bonds. The number of hydrogen-bond donors (Lipinski definition) is 0. The van der Waals surface area contributed by atoms with Gasteiger partial charge in [-0.1, -0.05) is 12.2 Å². The van der Waals surface area contributed by atoms with Crippen LogP contribution in [0.1, 0.15) is 34.1 Å². The first-order chi connectivity index (χ1) is 11.0. The van der Waals surface area contributed by atoms with E-state index in [2.05, 4.69) is 6.58 Å². The van der Waals surface area contributed by atoms with Crippen molar-refractivity contribution in [3.8, 4) is 0 Å². The fourth-order valence-corrected chi connectivity index (χ4v) is 2.89. The van der Waals surface area contributed by atoms with Crippen LogP contribution < -0.4 is 0 Å². The number of rotatable bonds is 4. The minimum absolute atomic E-state index is 0.00685. The molecule has 1 heterocycles. The van der Waals surface area contributed by atoms with Crippen molar-refractivity contribution in [3.05, 3.63) is 12.2 Å². The summed E-state index contributed by atoms with van der Waals surface area (Å²) in [5.41, 5.74) is 0.0838. The van der Waals surface area contributed by atoms with Gasteiger partial charge in [0, 0.05) is 18.4 Å². The Labute approximate surface area is 142 Å². The van der Waals surface area contributed by atoms with E-state index in [1.807, 2.05) is 6.92 Å². The second kappa shape index (κ2) is 7.68. The molecule has 0 spiro atoms. The molecule has 0 aromatic heterocycles. The summed E-state index contributed by atoms with van der Waals surface area (Å²) in [6, 6.07) is -0.911. The molecule has 0 bridgehead atoms. The van der Waals surface area contributed by atoms with Gasteiger partial charge in [0.15, 0.2) is 0 Å².